The zero-order valence-electron chi connectivity index (χ0n) is 11.0. The molecule has 5 nitrogen and oxygen atoms in total. The van der Waals surface area contributed by atoms with Gasteiger partial charge in [0, 0.05) is 19.2 Å². The Labute approximate surface area is 112 Å². The van der Waals surface area contributed by atoms with E-state index in [1.54, 1.807) is 25.3 Å². The number of carbonyl (C=O) groups excluding carboxylic acids is 1. The fourth-order valence-corrected chi connectivity index (χ4v) is 2.16. The lowest BCUT2D eigenvalue weighted by atomic mass is 10.2. The second-order valence-corrected chi connectivity index (χ2v) is 4.47. The van der Waals surface area contributed by atoms with E-state index in [0.29, 0.717) is 11.3 Å². The Kier molecular flexibility index (Phi) is 4.24. The summed E-state index contributed by atoms with van der Waals surface area (Å²) >= 11 is 0. The Balaban J connectivity index is 1.99. The molecular weight excluding hydrogens is 242 g/mol. The Hall–Kier alpha value is -2.22. The van der Waals surface area contributed by atoms with E-state index in [1.807, 2.05) is 4.90 Å². The number of likely N-dealkylation sites (tertiary alicyclic amines) is 1. The van der Waals surface area contributed by atoms with Gasteiger partial charge in [0.1, 0.15) is 5.75 Å². The first-order valence-electron chi connectivity index (χ1n) is 6.34. The van der Waals surface area contributed by atoms with Gasteiger partial charge in [0.2, 0.25) is 5.91 Å². The monoisotopic (exact) mass is 259 g/mol. The van der Waals surface area contributed by atoms with Gasteiger partial charge >= 0.3 is 0 Å². The number of nitriles is 1. The molecular formula is C14H17N3O2. The van der Waals surface area contributed by atoms with E-state index >= 15 is 0 Å². The number of rotatable bonds is 4. The Bertz CT molecular complexity index is 502. The molecule has 1 N–H and O–H groups in total. The highest BCUT2D eigenvalue weighted by atomic mass is 16.5. The van der Waals surface area contributed by atoms with E-state index in [4.69, 9.17) is 10.00 Å². The molecule has 0 atom stereocenters. The third-order valence-corrected chi connectivity index (χ3v) is 3.22. The molecule has 2 rings (SSSR count). The molecule has 0 aliphatic carbocycles. The molecule has 1 saturated heterocycles. The van der Waals surface area contributed by atoms with E-state index in [0.717, 1.165) is 31.6 Å². The zero-order chi connectivity index (χ0) is 13.7. The van der Waals surface area contributed by atoms with Crippen molar-refractivity contribution < 1.29 is 9.53 Å². The standard InChI is InChI=1S/C14H17N3O2/c1-19-13-8-11(9-15)4-5-12(13)16-10-14(18)17-6-2-3-7-17/h4-5,8,16H,2-3,6-7,10H2,1H3. The molecule has 1 fully saturated rings. The van der Waals surface area contributed by atoms with Crippen LogP contribution in [0.3, 0.4) is 0 Å². The maximum absolute atomic E-state index is 11.9. The Morgan fingerprint density at radius 3 is 2.84 bits per heavy atom. The maximum Gasteiger partial charge on any atom is 0.241 e. The lowest BCUT2D eigenvalue weighted by molar-refractivity contribution is -0.128. The number of amides is 1. The molecule has 0 aromatic heterocycles. The molecule has 1 aliphatic heterocycles. The van der Waals surface area contributed by atoms with Gasteiger partial charge < -0.3 is 15.0 Å². The van der Waals surface area contributed by atoms with Gasteiger partial charge in [0.25, 0.3) is 0 Å². The fraction of sp³-hybridized carbons (Fsp3) is 0.429. The van der Waals surface area contributed by atoms with Crippen LogP contribution in [0.2, 0.25) is 0 Å². The topological polar surface area (TPSA) is 65.4 Å². The van der Waals surface area contributed by atoms with Gasteiger partial charge in [-0.3, -0.25) is 4.79 Å². The number of methoxy groups -OCH3 is 1. The normalized spacial score (nSPS) is 14.0. The van der Waals surface area contributed by atoms with Gasteiger partial charge in [0.15, 0.2) is 0 Å². The minimum Gasteiger partial charge on any atom is -0.495 e. The highest BCUT2D eigenvalue weighted by molar-refractivity contribution is 5.81. The van der Waals surface area contributed by atoms with Gasteiger partial charge in [-0.15, -0.1) is 0 Å². The van der Waals surface area contributed by atoms with Crippen molar-refractivity contribution in [1.29, 1.82) is 5.26 Å². The fourth-order valence-electron chi connectivity index (χ4n) is 2.16. The SMILES string of the molecule is COc1cc(C#N)ccc1NCC(=O)N1CCCC1. The van der Waals surface area contributed by atoms with Crippen LogP contribution in [0, 0.1) is 11.3 Å². The molecule has 1 aromatic carbocycles. The first-order chi connectivity index (χ1) is 9.24. The van der Waals surface area contributed by atoms with Crippen molar-refractivity contribution in [2.75, 3.05) is 32.1 Å². The molecule has 1 heterocycles. The summed E-state index contributed by atoms with van der Waals surface area (Å²) in [5, 5.41) is 11.9. The smallest absolute Gasteiger partial charge is 0.241 e. The number of carbonyl (C=O) groups is 1. The van der Waals surface area contributed by atoms with Crippen LogP contribution in [-0.4, -0.2) is 37.6 Å². The number of nitrogens with zero attached hydrogens (tertiary/aromatic N) is 2. The van der Waals surface area contributed by atoms with Crippen LogP contribution < -0.4 is 10.1 Å². The molecule has 0 spiro atoms. The van der Waals surface area contributed by atoms with Crippen molar-refractivity contribution in [3.63, 3.8) is 0 Å². The summed E-state index contributed by atoms with van der Waals surface area (Å²) in [4.78, 5) is 13.8. The van der Waals surface area contributed by atoms with Gasteiger partial charge in [-0.2, -0.15) is 5.26 Å². The number of nitrogens with one attached hydrogen (secondary N) is 1. The van der Waals surface area contributed by atoms with Crippen molar-refractivity contribution in [3.8, 4) is 11.8 Å². The quantitative estimate of drug-likeness (QED) is 0.892. The van der Waals surface area contributed by atoms with Gasteiger partial charge in [0.05, 0.1) is 31.0 Å². The first-order valence-corrected chi connectivity index (χ1v) is 6.34. The number of benzene rings is 1. The Morgan fingerprint density at radius 2 is 2.21 bits per heavy atom. The van der Waals surface area contributed by atoms with Crippen LogP contribution >= 0.6 is 0 Å². The Morgan fingerprint density at radius 1 is 1.47 bits per heavy atom. The summed E-state index contributed by atoms with van der Waals surface area (Å²) < 4.78 is 5.21. The van der Waals surface area contributed by atoms with Crippen LogP contribution in [0.15, 0.2) is 18.2 Å². The summed E-state index contributed by atoms with van der Waals surface area (Å²) in [5.74, 6) is 0.678. The average molecular weight is 259 g/mol. The number of anilines is 1. The van der Waals surface area contributed by atoms with Gasteiger partial charge in [-0.1, -0.05) is 0 Å². The second kappa shape index (κ2) is 6.10. The molecule has 0 unspecified atom stereocenters. The molecule has 5 heteroatoms. The minimum atomic E-state index is 0.101. The highest BCUT2D eigenvalue weighted by Gasteiger charge is 2.17. The summed E-state index contributed by atoms with van der Waals surface area (Å²) in [7, 11) is 1.55. The van der Waals surface area contributed by atoms with Crippen LogP contribution in [-0.2, 0) is 4.79 Å². The lowest BCUT2D eigenvalue weighted by Gasteiger charge is -2.17. The van der Waals surface area contributed by atoms with E-state index in [9.17, 15) is 4.79 Å². The average Bonchev–Trinajstić information content (AvgIpc) is 2.98. The van der Waals surface area contributed by atoms with Crippen LogP contribution in [0.5, 0.6) is 5.75 Å². The highest BCUT2D eigenvalue weighted by Crippen LogP contribution is 2.25. The molecule has 100 valence electrons. The first kappa shape index (κ1) is 13.2. The summed E-state index contributed by atoms with van der Waals surface area (Å²) in [6.07, 6.45) is 2.18. The van der Waals surface area contributed by atoms with E-state index in [-0.39, 0.29) is 12.5 Å². The minimum absolute atomic E-state index is 0.101. The summed E-state index contributed by atoms with van der Waals surface area (Å²) in [6, 6.07) is 7.17. The molecule has 0 bridgehead atoms. The number of hydrogen-bond donors (Lipinski definition) is 1. The predicted octanol–water partition coefficient (Wildman–Crippen LogP) is 1.60. The third-order valence-electron chi connectivity index (χ3n) is 3.22. The van der Waals surface area contributed by atoms with Crippen molar-refractivity contribution in [2.45, 2.75) is 12.8 Å². The number of hydrogen-bond acceptors (Lipinski definition) is 4. The third kappa shape index (κ3) is 3.16. The molecule has 1 aliphatic rings. The predicted molar refractivity (Wildman–Crippen MR) is 72.0 cm³/mol. The second-order valence-electron chi connectivity index (χ2n) is 4.47. The van der Waals surface area contributed by atoms with Crippen molar-refractivity contribution >= 4 is 11.6 Å². The number of ether oxygens (including phenoxy) is 1. The van der Waals surface area contributed by atoms with Crippen LogP contribution in [0.1, 0.15) is 18.4 Å². The van der Waals surface area contributed by atoms with Crippen LogP contribution in [0.4, 0.5) is 5.69 Å². The molecule has 0 saturated carbocycles. The van der Waals surface area contributed by atoms with Gasteiger partial charge in [-0.05, 0) is 25.0 Å². The zero-order valence-corrected chi connectivity index (χ0v) is 11.0. The van der Waals surface area contributed by atoms with Crippen molar-refractivity contribution in [3.05, 3.63) is 23.8 Å². The molecule has 1 aromatic rings. The molecule has 19 heavy (non-hydrogen) atoms. The molecule has 1 amide bonds. The van der Waals surface area contributed by atoms with Crippen LogP contribution in [0.25, 0.3) is 0 Å². The van der Waals surface area contributed by atoms with Gasteiger partial charge in [-0.25, -0.2) is 0 Å². The van der Waals surface area contributed by atoms with Crippen molar-refractivity contribution in [2.24, 2.45) is 0 Å². The largest absolute Gasteiger partial charge is 0.495 e. The lowest BCUT2D eigenvalue weighted by Crippen LogP contribution is -2.33. The molecule has 0 radical (unpaired) electrons. The summed E-state index contributed by atoms with van der Waals surface area (Å²) in [5.41, 5.74) is 1.27. The van der Waals surface area contributed by atoms with E-state index in [2.05, 4.69) is 11.4 Å². The maximum atomic E-state index is 11.9. The van der Waals surface area contributed by atoms with E-state index < -0.39 is 0 Å². The van der Waals surface area contributed by atoms with Crippen molar-refractivity contribution in [1.82, 2.24) is 4.90 Å². The van der Waals surface area contributed by atoms with E-state index in [1.165, 1.54) is 0 Å². The summed E-state index contributed by atoms with van der Waals surface area (Å²) in [6.45, 7) is 1.96.